The molecule has 0 aliphatic heterocycles. The summed E-state index contributed by atoms with van der Waals surface area (Å²) in [4.78, 5) is 30.0. The van der Waals surface area contributed by atoms with Crippen molar-refractivity contribution in [3.63, 3.8) is 0 Å². The van der Waals surface area contributed by atoms with Gasteiger partial charge in [0.05, 0.1) is 35.3 Å². The first-order chi connectivity index (χ1) is 17.1. The van der Waals surface area contributed by atoms with E-state index in [2.05, 4.69) is 37.4 Å². The van der Waals surface area contributed by atoms with Gasteiger partial charge in [-0.25, -0.2) is 9.97 Å². The number of nitrogens with zero attached hydrogens (tertiary/aromatic N) is 7. The second-order valence-corrected chi connectivity index (χ2v) is 10.4. The molecule has 1 atom stereocenters. The van der Waals surface area contributed by atoms with Gasteiger partial charge in [0.25, 0.3) is 5.89 Å². The first-order valence-electron chi connectivity index (χ1n) is 11.8. The number of nitrogens with one attached hydrogen (secondary N) is 1. The SMILES string of the molecule is CC(C)(C)NC(=O)Cn1cc(-c2nc([C@@](C)(c3ccc(-c4cnc(N)cn4)nc3)C3CC3)no2)cn1. The number of aromatic nitrogens is 7. The van der Waals surface area contributed by atoms with Crippen LogP contribution in [0.4, 0.5) is 5.82 Å². The number of rotatable bonds is 7. The Morgan fingerprint density at radius 2 is 1.86 bits per heavy atom. The van der Waals surface area contributed by atoms with E-state index in [1.807, 2.05) is 39.1 Å². The van der Waals surface area contributed by atoms with Crippen LogP contribution in [0, 0.1) is 5.92 Å². The number of carbonyl (C=O) groups excluding carboxylic acids is 1. The van der Waals surface area contributed by atoms with Gasteiger partial charge in [-0.15, -0.1) is 0 Å². The maximum absolute atomic E-state index is 12.2. The largest absolute Gasteiger partial charge is 0.382 e. The molecule has 4 aromatic heterocycles. The summed E-state index contributed by atoms with van der Waals surface area (Å²) >= 11 is 0. The van der Waals surface area contributed by atoms with Gasteiger partial charge in [-0.3, -0.25) is 14.5 Å². The van der Waals surface area contributed by atoms with E-state index in [1.54, 1.807) is 23.3 Å². The average molecular weight is 488 g/mol. The Bertz CT molecular complexity index is 1370. The fourth-order valence-corrected chi connectivity index (χ4v) is 4.25. The Hall–Kier alpha value is -4.15. The Balaban J connectivity index is 1.37. The molecule has 0 bridgehead atoms. The van der Waals surface area contributed by atoms with Crippen molar-refractivity contribution in [1.29, 1.82) is 0 Å². The topological polar surface area (TPSA) is 151 Å². The van der Waals surface area contributed by atoms with Gasteiger partial charge in [0.15, 0.2) is 5.82 Å². The molecule has 1 amide bonds. The van der Waals surface area contributed by atoms with Crippen molar-refractivity contribution in [3.05, 3.63) is 54.5 Å². The number of hydrogen-bond donors (Lipinski definition) is 2. The van der Waals surface area contributed by atoms with Crippen LogP contribution in [-0.4, -0.2) is 46.3 Å². The molecule has 11 nitrogen and oxygen atoms in total. The maximum atomic E-state index is 12.2. The van der Waals surface area contributed by atoms with Crippen LogP contribution in [0.15, 0.2) is 47.6 Å². The predicted molar refractivity (Wildman–Crippen MR) is 132 cm³/mol. The fraction of sp³-hybridized carbons (Fsp3) is 0.400. The average Bonchev–Trinajstić information content (AvgIpc) is 3.39. The lowest BCUT2D eigenvalue weighted by Gasteiger charge is -2.26. The summed E-state index contributed by atoms with van der Waals surface area (Å²) < 4.78 is 7.19. The van der Waals surface area contributed by atoms with Crippen molar-refractivity contribution in [3.8, 4) is 22.8 Å². The second-order valence-electron chi connectivity index (χ2n) is 10.4. The van der Waals surface area contributed by atoms with E-state index in [0.717, 1.165) is 18.4 Å². The molecule has 1 saturated carbocycles. The predicted octanol–water partition coefficient (Wildman–Crippen LogP) is 3.00. The van der Waals surface area contributed by atoms with Gasteiger partial charge in [-0.1, -0.05) is 11.2 Å². The maximum Gasteiger partial charge on any atom is 0.261 e. The summed E-state index contributed by atoms with van der Waals surface area (Å²) in [5, 5.41) is 11.6. The smallest absolute Gasteiger partial charge is 0.261 e. The summed E-state index contributed by atoms with van der Waals surface area (Å²) in [5.41, 5.74) is 7.89. The number of nitrogen functional groups attached to an aromatic ring is 1. The molecule has 36 heavy (non-hydrogen) atoms. The van der Waals surface area contributed by atoms with Gasteiger partial charge in [-0.2, -0.15) is 10.1 Å². The third-order valence-corrected chi connectivity index (χ3v) is 6.28. The van der Waals surface area contributed by atoms with E-state index >= 15 is 0 Å². The zero-order valence-corrected chi connectivity index (χ0v) is 20.8. The van der Waals surface area contributed by atoms with Gasteiger partial charge in [0.1, 0.15) is 18.1 Å². The Kier molecular flexibility index (Phi) is 5.77. The van der Waals surface area contributed by atoms with E-state index in [9.17, 15) is 4.79 Å². The molecule has 186 valence electrons. The van der Waals surface area contributed by atoms with Crippen molar-refractivity contribution >= 4 is 11.7 Å². The van der Waals surface area contributed by atoms with Crippen LogP contribution < -0.4 is 11.1 Å². The van der Waals surface area contributed by atoms with Crippen molar-refractivity contribution in [1.82, 2.24) is 40.2 Å². The molecular formula is C25H29N9O2. The first kappa shape index (κ1) is 23.6. The van der Waals surface area contributed by atoms with Gasteiger partial charge in [-0.05, 0) is 58.1 Å². The molecular weight excluding hydrogens is 458 g/mol. The molecule has 5 rings (SSSR count). The number of nitrogens with two attached hydrogens (primary N) is 1. The lowest BCUT2D eigenvalue weighted by Crippen LogP contribution is -2.42. The molecule has 0 saturated heterocycles. The lowest BCUT2D eigenvalue weighted by atomic mass is 9.77. The van der Waals surface area contributed by atoms with Crippen LogP contribution in [0.2, 0.25) is 0 Å². The number of pyridine rings is 1. The highest BCUT2D eigenvalue weighted by Crippen LogP contribution is 2.50. The van der Waals surface area contributed by atoms with Gasteiger partial charge in [0, 0.05) is 17.9 Å². The van der Waals surface area contributed by atoms with Crippen molar-refractivity contribution in [2.24, 2.45) is 5.92 Å². The highest BCUT2D eigenvalue weighted by atomic mass is 16.5. The zero-order valence-electron chi connectivity index (χ0n) is 20.8. The minimum atomic E-state index is -0.456. The number of carbonyl (C=O) groups is 1. The van der Waals surface area contributed by atoms with Crippen molar-refractivity contribution < 1.29 is 9.32 Å². The second kappa shape index (κ2) is 8.81. The summed E-state index contributed by atoms with van der Waals surface area (Å²) in [7, 11) is 0. The van der Waals surface area contributed by atoms with E-state index in [4.69, 9.17) is 15.2 Å². The molecule has 0 aromatic carbocycles. The van der Waals surface area contributed by atoms with Crippen LogP contribution in [0.1, 0.15) is 51.9 Å². The third kappa shape index (κ3) is 4.81. The summed E-state index contributed by atoms with van der Waals surface area (Å²) in [6, 6.07) is 3.95. The Morgan fingerprint density at radius 1 is 1.08 bits per heavy atom. The molecule has 0 unspecified atom stereocenters. The molecule has 1 aliphatic carbocycles. The molecule has 1 aliphatic rings. The Labute approximate surface area is 208 Å². The van der Waals surface area contributed by atoms with Crippen LogP contribution >= 0.6 is 0 Å². The molecule has 3 N–H and O–H groups in total. The minimum absolute atomic E-state index is 0.106. The van der Waals surface area contributed by atoms with E-state index < -0.39 is 5.41 Å². The Morgan fingerprint density at radius 3 is 2.50 bits per heavy atom. The quantitative estimate of drug-likeness (QED) is 0.401. The number of amides is 1. The van der Waals surface area contributed by atoms with E-state index in [-0.39, 0.29) is 18.0 Å². The summed E-state index contributed by atoms with van der Waals surface area (Å²) in [6.07, 6.45) is 10.5. The minimum Gasteiger partial charge on any atom is -0.382 e. The van der Waals surface area contributed by atoms with Gasteiger partial charge in [0.2, 0.25) is 5.91 Å². The van der Waals surface area contributed by atoms with Crippen LogP contribution in [0.25, 0.3) is 22.8 Å². The highest BCUT2D eigenvalue weighted by Gasteiger charge is 2.47. The fourth-order valence-electron chi connectivity index (χ4n) is 4.25. The summed E-state index contributed by atoms with van der Waals surface area (Å²) in [6.45, 7) is 8.04. The van der Waals surface area contributed by atoms with Crippen LogP contribution in [0.3, 0.4) is 0 Å². The molecule has 0 radical (unpaired) electrons. The van der Waals surface area contributed by atoms with Crippen LogP contribution in [-0.2, 0) is 16.8 Å². The lowest BCUT2D eigenvalue weighted by molar-refractivity contribution is -0.123. The number of anilines is 1. The molecule has 0 spiro atoms. The monoisotopic (exact) mass is 487 g/mol. The highest BCUT2D eigenvalue weighted by molar-refractivity contribution is 5.76. The van der Waals surface area contributed by atoms with Crippen molar-refractivity contribution in [2.45, 2.75) is 58.0 Å². The standard InChI is InChI=1S/C25H29N9O2/c1-24(2,3)32-21(35)14-34-13-15(9-30-34)22-31-23(33-36-22)25(4,16-5-6-16)17-7-8-18(27-10-17)19-11-29-20(26)12-28-19/h7-13,16H,5-6,14H2,1-4H3,(H2,26,29)(H,32,35)/t25-/m1/s1. The first-order valence-corrected chi connectivity index (χ1v) is 11.8. The molecule has 4 aromatic rings. The molecule has 1 fully saturated rings. The summed E-state index contributed by atoms with van der Waals surface area (Å²) in [5.74, 6) is 1.59. The molecule has 11 heteroatoms. The third-order valence-electron chi connectivity index (χ3n) is 6.28. The van der Waals surface area contributed by atoms with Gasteiger partial charge >= 0.3 is 0 Å². The normalized spacial score (nSPS) is 15.4. The number of hydrogen-bond acceptors (Lipinski definition) is 9. The van der Waals surface area contributed by atoms with E-state index in [1.165, 1.54) is 6.20 Å². The molecule has 4 heterocycles. The van der Waals surface area contributed by atoms with Gasteiger partial charge < -0.3 is 15.6 Å². The van der Waals surface area contributed by atoms with Crippen LogP contribution in [0.5, 0.6) is 0 Å². The zero-order chi connectivity index (χ0) is 25.5. The van der Waals surface area contributed by atoms with E-state index in [0.29, 0.717) is 40.4 Å². The van der Waals surface area contributed by atoms with Crippen molar-refractivity contribution in [2.75, 3.05) is 5.73 Å².